The van der Waals surface area contributed by atoms with Crippen LogP contribution < -0.4 is 19.7 Å². The first kappa shape index (κ1) is 22.5. The number of ether oxygens (including phenoxy) is 2. The van der Waals surface area contributed by atoms with Crippen LogP contribution in [0, 0.1) is 0 Å². The third kappa shape index (κ3) is 5.03. The first-order chi connectivity index (χ1) is 16.1. The van der Waals surface area contributed by atoms with Crippen molar-refractivity contribution in [3.05, 3.63) is 78.3 Å². The van der Waals surface area contributed by atoms with Gasteiger partial charge in [-0.05, 0) is 30.5 Å². The minimum absolute atomic E-state index is 0.101. The van der Waals surface area contributed by atoms with Crippen LogP contribution >= 0.6 is 0 Å². The largest absolute Gasteiger partial charge is 0.497 e. The molecule has 1 N–H and O–H groups in total. The van der Waals surface area contributed by atoms with Crippen molar-refractivity contribution >= 4 is 17.5 Å². The van der Waals surface area contributed by atoms with Gasteiger partial charge in [0.1, 0.15) is 17.5 Å². The minimum atomic E-state index is -0.916. The lowest BCUT2D eigenvalue weighted by Gasteiger charge is -2.32. The second kappa shape index (κ2) is 10.3. The first-order valence-electron chi connectivity index (χ1n) is 11.1. The molecule has 7 heteroatoms. The molecule has 0 bridgehead atoms. The number of benzene rings is 2. The summed E-state index contributed by atoms with van der Waals surface area (Å²) in [5.74, 6) is 0.459. The van der Waals surface area contributed by atoms with E-state index in [1.54, 1.807) is 44.6 Å². The normalized spacial score (nSPS) is 14.5. The Morgan fingerprint density at radius 2 is 1.64 bits per heavy atom. The van der Waals surface area contributed by atoms with Crippen molar-refractivity contribution in [1.82, 2.24) is 5.32 Å². The van der Waals surface area contributed by atoms with Crippen molar-refractivity contribution in [1.29, 1.82) is 0 Å². The molecule has 1 saturated carbocycles. The van der Waals surface area contributed by atoms with Crippen molar-refractivity contribution in [3.63, 3.8) is 0 Å². The number of nitrogens with zero attached hydrogens (tertiary/aromatic N) is 1. The van der Waals surface area contributed by atoms with Gasteiger partial charge in [0.25, 0.3) is 5.91 Å². The summed E-state index contributed by atoms with van der Waals surface area (Å²) in [7, 11) is 3.08. The Labute approximate surface area is 193 Å². The summed E-state index contributed by atoms with van der Waals surface area (Å²) < 4.78 is 16.3. The average molecular weight is 449 g/mol. The average Bonchev–Trinajstić information content (AvgIpc) is 3.57. The number of hydrogen-bond acceptors (Lipinski definition) is 5. The van der Waals surface area contributed by atoms with Gasteiger partial charge in [-0.3, -0.25) is 14.5 Å². The lowest BCUT2D eigenvalue weighted by Crippen LogP contribution is -2.46. The second-order valence-corrected chi connectivity index (χ2v) is 8.03. The summed E-state index contributed by atoms with van der Waals surface area (Å²) in [6.45, 7) is 0. The highest BCUT2D eigenvalue weighted by Crippen LogP contribution is 2.35. The fraction of sp³-hybridized carbons (Fsp3) is 0.308. The highest BCUT2D eigenvalue weighted by atomic mass is 16.5. The van der Waals surface area contributed by atoms with Gasteiger partial charge >= 0.3 is 0 Å². The zero-order chi connectivity index (χ0) is 23.2. The summed E-state index contributed by atoms with van der Waals surface area (Å²) in [6, 6.07) is 16.8. The number of carbonyl (C=O) groups excluding carboxylic acids is 2. The molecule has 33 heavy (non-hydrogen) atoms. The van der Waals surface area contributed by atoms with Gasteiger partial charge in [-0.25, -0.2) is 0 Å². The fourth-order valence-corrected chi connectivity index (χ4v) is 4.24. The molecule has 0 spiro atoms. The van der Waals surface area contributed by atoms with Gasteiger partial charge < -0.3 is 19.2 Å². The zero-order valence-electron chi connectivity index (χ0n) is 18.8. The van der Waals surface area contributed by atoms with Gasteiger partial charge in [-0.1, -0.05) is 43.2 Å². The van der Waals surface area contributed by atoms with Gasteiger partial charge in [-0.15, -0.1) is 0 Å². The second-order valence-electron chi connectivity index (χ2n) is 8.03. The zero-order valence-corrected chi connectivity index (χ0v) is 18.8. The maximum absolute atomic E-state index is 13.7. The van der Waals surface area contributed by atoms with Gasteiger partial charge in [-0.2, -0.15) is 0 Å². The summed E-state index contributed by atoms with van der Waals surface area (Å²) in [6.07, 6.45) is 5.48. The molecule has 1 heterocycles. The van der Waals surface area contributed by atoms with Crippen LogP contribution in [0.25, 0.3) is 0 Å². The Kier molecular flexibility index (Phi) is 6.98. The van der Waals surface area contributed by atoms with Crippen LogP contribution in [-0.2, 0) is 4.79 Å². The number of nitrogens with one attached hydrogen (secondary N) is 1. The third-order valence-corrected chi connectivity index (χ3v) is 5.89. The molecule has 2 aromatic carbocycles. The molecular formula is C26H28N2O5. The van der Waals surface area contributed by atoms with Crippen molar-refractivity contribution in [3.8, 4) is 11.5 Å². The Morgan fingerprint density at radius 1 is 0.970 bits per heavy atom. The number of hydrogen-bond donors (Lipinski definition) is 1. The van der Waals surface area contributed by atoms with Crippen LogP contribution in [0.4, 0.5) is 5.69 Å². The lowest BCUT2D eigenvalue weighted by molar-refractivity contribution is -0.123. The molecule has 0 aliphatic heterocycles. The number of amides is 2. The monoisotopic (exact) mass is 448 g/mol. The number of methoxy groups -OCH3 is 2. The standard InChI is InChI=1S/C26H28N2O5/c1-31-21-15-20(16-22(17-21)32-2)28(26(30)23-13-8-14-33-23)24(18-9-4-3-5-10-18)25(29)27-19-11-6-7-12-19/h3-5,8-10,13-17,19,24H,6-7,11-12H2,1-2H3,(H,27,29)/t24-/m0/s1. The Morgan fingerprint density at radius 3 is 2.21 bits per heavy atom. The van der Waals surface area contributed by atoms with Crippen molar-refractivity contribution in [2.45, 2.75) is 37.8 Å². The maximum atomic E-state index is 13.7. The minimum Gasteiger partial charge on any atom is -0.497 e. The highest BCUT2D eigenvalue weighted by molar-refractivity contribution is 6.09. The van der Waals surface area contributed by atoms with Crippen molar-refractivity contribution in [2.24, 2.45) is 0 Å². The van der Waals surface area contributed by atoms with Crippen LogP contribution in [-0.4, -0.2) is 32.1 Å². The molecular weight excluding hydrogens is 420 g/mol. The molecule has 0 radical (unpaired) electrons. The van der Waals surface area contributed by atoms with Gasteiger partial charge in [0.15, 0.2) is 5.76 Å². The molecule has 2 amide bonds. The summed E-state index contributed by atoms with van der Waals surface area (Å²) in [4.78, 5) is 28.9. The number of furan rings is 1. The smallest absolute Gasteiger partial charge is 0.294 e. The number of carbonyl (C=O) groups is 2. The van der Waals surface area contributed by atoms with E-state index in [2.05, 4.69) is 5.32 Å². The first-order valence-corrected chi connectivity index (χ1v) is 11.1. The SMILES string of the molecule is COc1cc(OC)cc(N(C(=O)c2ccco2)[C@H](C(=O)NC2CCCC2)c2ccccc2)c1. The van der Waals surface area contributed by atoms with Gasteiger partial charge in [0.2, 0.25) is 5.91 Å². The van der Waals surface area contributed by atoms with Crippen LogP contribution in [0.15, 0.2) is 71.3 Å². The molecule has 4 rings (SSSR count). The van der Waals surface area contributed by atoms with Crippen LogP contribution in [0.5, 0.6) is 11.5 Å². The topological polar surface area (TPSA) is 81.0 Å². The predicted molar refractivity (Wildman–Crippen MR) is 125 cm³/mol. The molecule has 0 unspecified atom stereocenters. The van der Waals surface area contributed by atoms with E-state index in [0.717, 1.165) is 25.7 Å². The maximum Gasteiger partial charge on any atom is 0.294 e. The van der Waals surface area contributed by atoms with Crippen LogP contribution in [0.2, 0.25) is 0 Å². The fourth-order valence-electron chi connectivity index (χ4n) is 4.24. The molecule has 1 fully saturated rings. The van der Waals surface area contributed by atoms with E-state index in [0.29, 0.717) is 22.7 Å². The van der Waals surface area contributed by atoms with Crippen molar-refractivity contribution in [2.75, 3.05) is 19.1 Å². The molecule has 0 saturated heterocycles. The summed E-state index contributed by atoms with van der Waals surface area (Å²) in [5.41, 5.74) is 1.15. The van der Waals surface area contributed by atoms with E-state index < -0.39 is 11.9 Å². The molecule has 172 valence electrons. The highest BCUT2D eigenvalue weighted by Gasteiger charge is 2.36. The Hall–Kier alpha value is -3.74. The molecule has 1 aliphatic rings. The molecule has 3 aromatic rings. The van der Waals surface area contributed by atoms with E-state index in [1.165, 1.54) is 11.2 Å². The van der Waals surface area contributed by atoms with Crippen LogP contribution in [0.1, 0.15) is 47.8 Å². The van der Waals surface area contributed by atoms with E-state index in [-0.39, 0.29) is 17.7 Å². The van der Waals surface area contributed by atoms with Gasteiger partial charge in [0, 0.05) is 24.2 Å². The quantitative estimate of drug-likeness (QED) is 0.538. The summed E-state index contributed by atoms with van der Waals surface area (Å²) >= 11 is 0. The van der Waals surface area contributed by atoms with E-state index in [4.69, 9.17) is 13.9 Å². The molecule has 1 aliphatic carbocycles. The van der Waals surface area contributed by atoms with Gasteiger partial charge in [0.05, 0.1) is 26.2 Å². The number of anilines is 1. The lowest BCUT2D eigenvalue weighted by atomic mass is 10.0. The summed E-state index contributed by atoms with van der Waals surface area (Å²) in [5, 5.41) is 3.16. The van der Waals surface area contributed by atoms with Crippen LogP contribution in [0.3, 0.4) is 0 Å². The third-order valence-electron chi connectivity index (χ3n) is 5.89. The predicted octanol–water partition coefficient (Wildman–Crippen LogP) is 4.74. The molecule has 1 aromatic heterocycles. The molecule has 1 atom stereocenters. The number of rotatable bonds is 8. The van der Waals surface area contributed by atoms with E-state index in [9.17, 15) is 9.59 Å². The van der Waals surface area contributed by atoms with E-state index in [1.807, 2.05) is 30.3 Å². The Bertz CT molecular complexity index is 1050. The van der Waals surface area contributed by atoms with Crippen molar-refractivity contribution < 1.29 is 23.5 Å². The molecule has 7 nitrogen and oxygen atoms in total. The Balaban J connectivity index is 1.84. The van der Waals surface area contributed by atoms with E-state index >= 15 is 0 Å².